The van der Waals surface area contributed by atoms with Gasteiger partial charge in [0.05, 0.1) is 24.2 Å². The normalized spacial score (nSPS) is 35.6. The van der Waals surface area contributed by atoms with Gasteiger partial charge in [-0.3, -0.25) is 9.59 Å². The minimum Gasteiger partial charge on any atom is -0.465 e. The molecule has 2 aliphatic rings. The summed E-state index contributed by atoms with van der Waals surface area (Å²) in [6.07, 6.45) is 14.2. The number of carbonyl (C=O) groups is 2. The van der Waals surface area contributed by atoms with Gasteiger partial charge in [-0.15, -0.1) is 0 Å². The van der Waals surface area contributed by atoms with Gasteiger partial charge in [0, 0.05) is 12.8 Å². The number of fused-ring (bicyclic) bond motifs is 2. The Morgan fingerprint density at radius 3 is 2.48 bits per heavy atom. The lowest BCUT2D eigenvalue weighted by atomic mass is 9.77. The van der Waals surface area contributed by atoms with E-state index in [1.807, 2.05) is 47.6 Å². The molecule has 0 aromatic heterocycles. The molecule has 3 atom stereocenters. The van der Waals surface area contributed by atoms with Gasteiger partial charge in [0.15, 0.2) is 11.6 Å². The summed E-state index contributed by atoms with van der Waals surface area (Å²) in [5.41, 5.74) is 1.29. The maximum atomic E-state index is 13.0. The Morgan fingerprint density at radius 1 is 1.06 bits per heavy atom. The molecule has 1 fully saturated rings. The van der Waals surface area contributed by atoms with Crippen LogP contribution in [0.15, 0.2) is 47.6 Å². The number of hydrogen-bond acceptors (Lipinski definition) is 5. The quantitative estimate of drug-likeness (QED) is 0.533. The standard InChI is InChI=1S/C26H38O5/c1-7-29-24(28)26(6)16-15-20(3)12-10-8-9-11-19(2)13-14-21(27)17-22-18-23(26)31-25(4,5)30-22/h10-15,22-23H,7-9,16-18H2,1-6H3/b12-10-,14-13-,19-11-,20-15-/t22-,23-,26-/m1/s1. The van der Waals surface area contributed by atoms with E-state index >= 15 is 0 Å². The molecule has 172 valence electrons. The molecule has 0 radical (unpaired) electrons. The third kappa shape index (κ3) is 7.58. The molecule has 0 unspecified atom stereocenters. The molecule has 0 N–H and O–H groups in total. The van der Waals surface area contributed by atoms with Gasteiger partial charge in [0.1, 0.15) is 0 Å². The van der Waals surface area contributed by atoms with E-state index in [0.29, 0.717) is 19.4 Å². The fraction of sp³-hybridized carbons (Fsp3) is 0.615. The van der Waals surface area contributed by atoms with Crippen LogP contribution in [-0.2, 0) is 23.8 Å². The second kappa shape index (κ2) is 11.1. The highest BCUT2D eigenvalue weighted by Gasteiger charge is 2.49. The average Bonchev–Trinajstić information content (AvgIpc) is 2.68. The molecule has 2 rings (SSSR count). The molecule has 0 spiro atoms. The van der Waals surface area contributed by atoms with Gasteiger partial charge in [-0.1, -0.05) is 41.5 Å². The third-order valence-electron chi connectivity index (χ3n) is 5.80. The zero-order valence-corrected chi connectivity index (χ0v) is 19.9. The molecule has 0 saturated carbocycles. The minimum absolute atomic E-state index is 0.00647. The van der Waals surface area contributed by atoms with Gasteiger partial charge in [-0.2, -0.15) is 0 Å². The van der Waals surface area contributed by atoms with Crippen molar-refractivity contribution in [3.63, 3.8) is 0 Å². The Hall–Kier alpha value is -1.98. The molecular weight excluding hydrogens is 392 g/mol. The lowest BCUT2D eigenvalue weighted by Gasteiger charge is -2.46. The highest BCUT2D eigenvalue weighted by atomic mass is 16.7. The van der Waals surface area contributed by atoms with Crippen LogP contribution in [0.1, 0.15) is 73.6 Å². The lowest BCUT2D eigenvalue weighted by molar-refractivity contribution is -0.315. The molecule has 5 nitrogen and oxygen atoms in total. The number of ketones is 1. The zero-order chi connectivity index (χ0) is 23.1. The van der Waals surface area contributed by atoms with E-state index in [4.69, 9.17) is 14.2 Å². The Kier molecular flexibility index (Phi) is 9.01. The van der Waals surface area contributed by atoms with Crippen LogP contribution in [0.25, 0.3) is 0 Å². The summed E-state index contributed by atoms with van der Waals surface area (Å²) in [6.45, 7) is 11.7. The first kappa shape index (κ1) is 25.3. The molecule has 2 bridgehead atoms. The smallest absolute Gasteiger partial charge is 0.314 e. The van der Waals surface area contributed by atoms with Crippen LogP contribution in [0.3, 0.4) is 0 Å². The predicted molar refractivity (Wildman–Crippen MR) is 122 cm³/mol. The fourth-order valence-electron chi connectivity index (χ4n) is 3.97. The number of allylic oxidation sites excluding steroid dienone is 8. The van der Waals surface area contributed by atoms with E-state index in [-0.39, 0.29) is 24.3 Å². The first-order valence-electron chi connectivity index (χ1n) is 11.3. The van der Waals surface area contributed by atoms with Gasteiger partial charge in [0.2, 0.25) is 0 Å². The van der Waals surface area contributed by atoms with Crippen molar-refractivity contribution in [1.29, 1.82) is 0 Å². The predicted octanol–water partition coefficient (Wildman–Crippen LogP) is 5.61. The summed E-state index contributed by atoms with van der Waals surface area (Å²) in [4.78, 5) is 25.6. The van der Waals surface area contributed by atoms with Crippen molar-refractivity contribution in [2.75, 3.05) is 6.61 Å². The van der Waals surface area contributed by atoms with Gasteiger partial charge < -0.3 is 14.2 Å². The fourth-order valence-corrected chi connectivity index (χ4v) is 3.97. The Balaban J connectivity index is 2.42. The number of esters is 1. The Labute approximate surface area is 187 Å². The van der Waals surface area contributed by atoms with E-state index in [2.05, 4.69) is 24.3 Å². The van der Waals surface area contributed by atoms with E-state index in [1.54, 1.807) is 6.08 Å². The summed E-state index contributed by atoms with van der Waals surface area (Å²) >= 11 is 0. The van der Waals surface area contributed by atoms with Crippen LogP contribution < -0.4 is 0 Å². The summed E-state index contributed by atoms with van der Waals surface area (Å²) < 4.78 is 17.7. The molecule has 0 amide bonds. The van der Waals surface area contributed by atoms with Crippen molar-refractivity contribution < 1.29 is 23.8 Å². The minimum atomic E-state index is -0.900. The van der Waals surface area contributed by atoms with Crippen LogP contribution in [0.2, 0.25) is 0 Å². The van der Waals surface area contributed by atoms with Gasteiger partial charge in [-0.05, 0) is 66.9 Å². The molecule has 1 saturated heterocycles. The molecule has 1 heterocycles. The van der Waals surface area contributed by atoms with Crippen LogP contribution >= 0.6 is 0 Å². The molecular formula is C26H38O5. The maximum absolute atomic E-state index is 13.0. The average molecular weight is 431 g/mol. The van der Waals surface area contributed by atoms with E-state index in [9.17, 15) is 9.59 Å². The molecule has 0 aromatic rings. The largest absolute Gasteiger partial charge is 0.465 e. The molecule has 5 heteroatoms. The first-order chi connectivity index (χ1) is 14.6. The van der Waals surface area contributed by atoms with Crippen molar-refractivity contribution in [2.45, 2.75) is 91.6 Å². The molecule has 1 aliphatic carbocycles. The second-order valence-electron chi connectivity index (χ2n) is 9.20. The van der Waals surface area contributed by atoms with E-state index in [1.165, 1.54) is 0 Å². The van der Waals surface area contributed by atoms with E-state index < -0.39 is 17.3 Å². The van der Waals surface area contributed by atoms with Crippen molar-refractivity contribution in [1.82, 2.24) is 0 Å². The maximum Gasteiger partial charge on any atom is 0.314 e. The van der Waals surface area contributed by atoms with Crippen molar-refractivity contribution in [2.24, 2.45) is 5.41 Å². The Bertz CT molecular complexity index is 771. The van der Waals surface area contributed by atoms with Gasteiger partial charge >= 0.3 is 5.97 Å². The van der Waals surface area contributed by atoms with E-state index in [0.717, 1.165) is 24.0 Å². The van der Waals surface area contributed by atoms with Crippen molar-refractivity contribution in [3.8, 4) is 0 Å². The van der Waals surface area contributed by atoms with Crippen LogP contribution in [0.4, 0.5) is 0 Å². The first-order valence-corrected chi connectivity index (χ1v) is 11.3. The third-order valence-corrected chi connectivity index (χ3v) is 5.80. The highest BCUT2D eigenvalue weighted by molar-refractivity contribution is 5.90. The number of hydrogen-bond donors (Lipinski definition) is 0. The van der Waals surface area contributed by atoms with Gasteiger partial charge in [-0.25, -0.2) is 0 Å². The molecule has 0 aromatic carbocycles. The second-order valence-corrected chi connectivity index (χ2v) is 9.20. The van der Waals surface area contributed by atoms with Crippen LogP contribution in [0.5, 0.6) is 0 Å². The van der Waals surface area contributed by atoms with Crippen LogP contribution in [0, 0.1) is 5.41 Å². The number of carbonyl (C=O) groups excluding carboxylic acids is 2. The zero-order valence-electron chi connectivity index (χ0n) is 19.9. The number of ether oxygens (including phenoxy) is 3. The number of rotatable bonds is 2. The topological polar surface area (TPSA) is 61.8 Å². The molecule has 1 aliphatic heterocycles. The summed E-state index contributed by atoms with van der Waals surface area (Å²) in [7, 11) is 0. The lowest BCUT2D eigenvalue weighted by Crippen LogP contribution is -2.53. The SMILES string of the molecule is CCOC(=O)[C@]1(C)C/C=C(C)\C=C/CC/C=C(C)\C=C/C(=O)C[C@@H]2C[C@H]1OC(C)(C)O2. The Morgan fingerprint density at radius 2 is 1.77 bits per heavy atom. The highest BCUT2D eigenvalue weighted by Crippen LogP contribution is 2.41. The van der Waals surface area contributed by atoms with Gasteiger partial charge in [0.25, 0.3) is 0 Å². The summed E-state index contributed by atoms with van der Waals surface area (Å²) in [6, 6.07) is 0. The van der Waals surface area contributed by atoms with Crippen molar-refractivity contribution in [3.05, 3.63) is 47.6 Å². The summed E-state index contributed by atoms with van der Waals surface area (Å²) in [5, 5.41) is 0. The van der Waals surface area contributed by atoms with Crippen molar-refractivity contribution >= 4 is 11.8 Å². The monoisotopic (exact) mass is 430 g/mol. The summed E-state index contributed by atoms with van der Waals surface area (Å²) in [5.74, 6) is -1.18. The molecule has 31 heavy (non-hydrogen) atoms. The van der Waals surface area contributed by atoms with Crippen LogP contribution in [-0.4, -0.2) is 36.4 Å².